The summed E-state index contributed by atoms with van der Waals surface area (Å²) >= 11 is 0. The molecule has 0 atom stereocenters. The average molecular weight is 454 g/mol. The summed E-state index contributed by atoms with van der Waals surface area (Å²) in [5, 5.41) is 0. The van der Waals surface area contributed by atoms with Crippen molar-refractivity contribution in [3.05, 3.63) is 23.4 Å². The highest BCUT2D eigenvalue weighted by Gasteiger charge is 2.21. The molecular formula is C16H30Br2N4O. The fraction of sp³-hybridized carbons (Fsp3) is 0.625. The van der Waals surface area contributed by atoms with Crippen LogP contribution in [0.15, 0.2) is 12.1 Å². The lowest BCUT2D eigenvalue weighted by molar-refractivity contribution is 0.209. The first kappa shape index (κ1) is 24.6. The molecule has 7 heteroatoms. The summed E-state index contributed by atoms with van der Waals surface area (Å²) in [5.74, 6) is 0.742. The highest BCUT2D eigenvalue weighted by Crippen LogP contribution is 2.16. The van der Waals surface area contributed by atoms with Gasteiger partial charge >= 0.3 is 6.03 Å². The van der Waals surface area contributed by atoms with Crippen LogP contribution in [0.25, 0.3) is 0 Å². The topological polar surface area (TPSA) is 39.7 Å². The molecule has 0 saturated heterocycles. The molecular weight excluding hydrogens is 424 g/mol. The summed E-state index contributed by atoms with van der Waals surface area (Å²) in [6, 6.07) is 4.03. The molecule has 0 saturated carbocycles. The van der Waals surface area contributed by atoms with Crippen LogP contribution in [-0.4, -0.2) is 61.1 Å². The Morgan fingerprint density at radius 3 is 2.04 bits per heavy atom. The Hall–Kier alpha value is -0.660. The number of carbonyl (C=O) groups excluding carboxylic acids is 1. The first-order chi connectivity index (χ1) is 9.88. The number of pyridine rings is 1. The molecule has 0 bridgehead atoms. The molecule has 1 aromatic rings. The number of carbonyl (C=O) groups is 1. The molecule has 0 aliphatic heterocycles. The van der Waals surface area contributed by atoms with E-state index in [9.17, 15) is 4.79 Å². The summed E-state index contributed by atoms with van der Waals surface area (Å²) in [4.78, 5) is 23.0. The van der Waals surface area contributed by atoms with Crippen molar-refractivity contribution in [2.45, 2.75) is 27.7 Å². The number of anilines is 1. The minimum Gasteiger partial charge on any atom is -0.325 e. The first-order valence-electron chi connectivity index (χ1n) is 7.55. The van der Waals surface area contributed by atoms with Crippen molar-refractivity contribution in [2.24, 2.45) is 0 Å². The molecule has 1 aromatic heterocycles. The van der Waals surface area contributed by atoms with Gasteiger partial charge in [-0.15, -0.1) is 34.0 Å². The average Bonchev–Trinajstić information content (AvgIpc) is 2.38. The predicted molar refractivity (Wildman–Crippen MR) is 109 cm³/mol. The van der Waals surface area contributed by atoms with Gasteiger partial charge in [-0.05, 0) is 59.5 Å². The largest absolute Gasteiger partial charge is 0.325 e. The van der Waals surface area contributed by atoms with Gasteiger partial charge in [-0.1, -0.05) is 0 Å². The van der Waals surface area contributed by atoms with E-state index in [0.717, 1.165) is 23.6 Å². The molecule has 0 N–H and O–H groups in total. The molecule has 0 radical (unpaired) electrons. The summed E-state index contributed by atoms with van der Waals surface area (Å²) in [6.45, 7) is 10.9. The fourth-order valence-electron chi connectivity index (χ4n) is 2.23. The quantitative estimate of drug-likeness (QED) is 0.659. The lowest BCUT2D eigenvalue weighted by Crippen LogP contribution is -2.46. The highest BCUT2D eigenvalue weighted by atomic mass is 79.9. The van der Waals surface area contributed by atoms with Crippen LogP contribution in [0.1, 0.15) is 25.1 Å². The summed E-state index contributed by atoms with van der Waals surface area (Å²) in [5.41, 5.74) is 2.06. The molecule has 2 amide bonds. The SMILES string of the molecule is Br.Br.CCN(CC)C(=O)N(CCN(C)C)c1cc(C)cc(C)n1. The second kappa shape index (κ2) is 11.8. The van der Waals surface area contributed by atoms with Crippen molar-refractivity contribution >= 4 is 45.8 Å². The van der Waals surface area contributed by atoms with Gasteiger partial charge in [0.1, 0.15) is 5.82 Å². The molecule has 0 spiro atoms. The maximum atomic E-state index is 12.7. The van der Waals surface area contributed by atoms with Gasteiger partial charge in [0.25, 0.3) is 0 Å². The molecule has 0 aliphatic carbocycles. The van der Waals surface area contributed by atoms with E-state index in [0.29, 0.717) is 19.6 Å². The number of hydrogen-bond acceptors (Lipinski definition) is 3. The smallest absolute Gasteiger partial charge is 0.325 e. The van der Waals surface area contributed by atoms with Crippen molar-refractivity contribution in [1.82, 2.24) is 14.8 Å². The van der Waals surface area contributed by atoms with E-state index in [1.807, 2.05) is 58.8 Å². The van der Waals surface area contributed by atoms with E-state index in [4.69, 9.17) is 0 Å². The fourth-order valence-corrected chi connectivity index (χ4v) is 2.23. The maximum Gasteiger partial charge on any atom is 0.325 e. The minimum atomic E-state index is 0. The number of hydrogen-bond donors (Lipinski definition) is 0. The van der Waals surface area contributed by atoms with Crippen LogP contribution in [0.2, 0.25) is 0 Å². The van der Waals surface area contributed by atoms with Crippen LogP contribution in [0.4, 0.5) is 10.6 Å². The zero-order chi connectivity index (χ0) is 16.0. The number of aromatic nitrogens is 1. The number of amides is 2. The molecule has 23 heavy (non-hydrogen) atoms. The predicted octanol–water partition coefficient (Wildman–Crippen LogP) is 3.68. The molecule has 1 heterocycles. The van der Waals surface area contributed by atoms with Crippen LogP contribution in [-0.2, 0) is 0 Å². The van der Waals surface area contributed by atoms with Crippen molar-refractivity contribution in [2.75, 3.05) is 45.2 Å². The highest BCUT2D eigenvalue weighted by molar-refractivity contribution is 8.93. The van der Waals surface area contributed by atoms with Crippen molar-refractivity contribution < 1.29 is 4.79 Å². The number of rotatable bonds is 6. The molecule has 0 aliphatic rings. The van der Waals surface area contributed by atoms with Gasteiger partial charge in [0, 0.05) is 31.9 Å². The first-order valence-corrected chi connectivity index (χ1v) is 7.55. The molecule has 0 aromatic carbocycles. The zero-order valence-electron chi connectivity index (χ0n) is 15.0. The number of halogens is 2. The Morgan fingerprint density at radius 1 is 1.04 bits per heavy atom. The third kappa shape index (κ3) is 7.63. The van der Waals surface area contributed by atoms with Gasteiger partial charge in [-0.25, -0.2) is 9.78 Å². The van der Waals surface area contributed by atoms with Crippen LogP contribution < -0.4 is 4.90 Å². The Morgan fingerprint density at radius 2 is 1.61 bits per heavy atom. The lowest BCUT2D eigenvalue weighted by Gasteiger charge is -2.29. The zero-order valence-corrected chi connectivity index (χ0v) is 18.4. The third-order valence-corrected chi connectivity index (χ3v) is 3.40. The number of aryl methyl sites for hydroxylation is 2. The van der Waals surface area contributed by atoms with Crippen molar-refractivity contribution in [1.29, 1.82) is 0 Å². The minimum absolute atomic E-state index is 0. The molecule has 1 rings (SSSR count). The standard InChI is InChI=1S/C16H28N4O.2BrH/c1-7-19(8-2)16(21)20(10-9-18(5)6)15-12-13(3)11-14(4)17-15;;/h11-12H,7-10H2,1-6H3;2*1H. The molecule has 0 fully saturated rings. The van der Waals surface area contributed by atoms with Crippen molar-refractivity contribution in [3.63, 3.8) is 0 Å². The maximum absolute atomic E-state index is 12.7. The van der Waals surface area contributed by atoms with E-state index in [-0.39, 0.29) is 40.0 Å². The number of nitrogens with zero attached hydrogens (tertiary/aromatic N) is 4. The van der Waals surface area contributed by atoms with Crippen LogP contribution in [0.5, 0.6) is 0 Å². The Balaban J connectivity index is 0. The van der Waals surface area contributed by atoms with Gasteiger partial charge in [0.05, 0.1) is 0 Å². The lowest BCUT2D eigenvalue weighted by atomic mass is 10.2. The van der Waals surface area contributed by atoms with Crippen LogP contribution >= 0.6 is 34.0 Å². The van der Waals surface area contributed by atoms with Gasteiger partial charge in [-0.3, -0.25) is 4.90 Å². The van der Waals surface area contributed by atoms with Gasteiger partial charge in [0.15, 0.2) is 0 Å². The summed E-state index contributed by atoms with van der Waals surface area (Å²) in [6.07, 6.45) is 0. The third-order valence-electron chi connectivity index (χ3n) is 3.40. The molecule has 0 unspecified atom stereocenters. The Bertz CT molecular complexity index is 459. The van der Waals surface area contributed by atoms with E-state index < -0.39 is 0 Å². The van der Waals surface area contributed by atoms with Gasteiger partial charge in [0.2, 0.25) is 0 Å². The number of urea groups is 1. The monoisotopic (exact) mass is 452 g/mol. The van der Waals surface area contributed by atoms with E-state index in [1.54, 1.807) is 4.90 Å². The van der Waals surface area contributed by atoms with Gasteiger partial charge < -0.3 is 9.80 Å². The Kier molecular flexibility index (Phi) is 12.6. The van der Waals surface area contributed by atoms with Crippen LogP contribution in [0.3, 0.4) is 0 Å². The molecule has 5 nitrogen and oxygen atoms in total. The van der Waals surface area contributed by atoms with Gasteiger partial charge in [-0.2, -0.15) is 0 Å². The van der Waals surface area contributed by atoms with Crippen LogP contribution in [0, 0.1) is 13.8 Å². The second-order valence-electron chi connectivity index (χ2n) is 5.55. The molecule has 134 valence electrons. The summed E-state index contributed by atoms with van der Waals surface area (Å²) < 4.78 is 0. The summed E-state index contributed by atoms with van der Waals surface area (Å²) in [7, 11) is 4.02. The Labute approximate surface area is 161 Å². The second-order valence-corrected chi connectivity index (χ2v) is 5.55. The normalized spacial score (nSPS) is 9.87. The van der Waals surface area contributed by atoms with E-state index >= 15 is 0 Å². The van der Waals surface area contributed by atoms with Crippen molar-refractivity contribution in [3.8, 4) is 0 Å². The number of likely N-dealkylation sites (N-methyl/N-ethyl adjacent to an activating group) is 1. The van der Waals surface area contributed by atoms with E-state index in [2.05, 4.69) is 9.88 Å². The van der Waals surface area contributed by atoms with E-state index in [1.165, 1.54) is 0 Å².